The number of H-pyrrole nitrogens is 1. The van der Waals surface area contributed by atoms with Crippen molar-refractivity contribution in [3.8, 4) is 0 Å². The molecule has 46 heavy (non-hydrogen) atoms. The fraction of sp³-hybridized carbons (Fsp3) is 0.545. The summed E-state index contributed by atoms with van der Waals surface area (Å²) in [5.41, 5.74) is 4.49. The highest BCUT2D eigenvalue weighted by Gasteiger charge is 2.35. The number of hydrogen-bond acceptors (Lipinski definition) is 7. The van der Waals surface area contributed by atoms with Crippen LogP contribution in [0, 0.1) is 0 Å². The van der Waals surface area contributed by atoms with Crippen LogP contribution < -0.4 is 16.0 Å². The van der Waals surface area contributed by atoms with Gasteiger partial charge in [-0.1, -0.05) is 29.5 Å². The summed E-state index contributed by atoms with van der Waals surface area (Å²) in [6, 6.07) is 13.3. The molecule has 4 aliphatic heterocycles. The van der Waals surface area contributed by atoms with Crippen LogP contribution in [0.15, 0.2) is 42.5 Å². The van der Waals surface area contributed by atoms with Gasteiger partial charge in [0.15, 0.2) is 0 Å². The number of piperidine rings is 2. The van der Waals surface area contributed by atoms with E-state index in [0.29, 0.717) is 58.0 Å². The Bertz CT molecular complexity index is 1540. The Labute approximate surface area is 269 Å². The number of rotatable bonds is 6. The Balaban J connectivity index is 0.986. The van der Waals surface area contributed by atoms with Crippen molar-refractivity contribution in [2.75, 3.05) is 64.2 Å². The zero-order valence-electron chi connectivity index (χ0n) is 26.3. The SMILES string of the molecule is O=C(NC(Cc1ccc2[nH]nnc2c1)C(=O)N1CCC(N2CCNCC2)CC1)N1CCC(N2CCc3ccccc3NC2=O)CC1. The summed E-state index contributed by atoms with van der Waals surface area (Å²) >= 11 is 0. The van der Waals surface area contributed by atoms with Crippen molar-refractivity contribution < 1.29 is 14.4 Å². The molecule has 13 nitrogen and oxygen atoms in total. The summed E-state index contributed by atoms with van der Waals surface area (Å²) in [4.78, 5) is 49.0. The monoisotopic (exact) mass is 628 g/mol. The minimum Gasteiger partial charge on any atom is -0.341 e. The number of benzene rings is 2. The molecule has 7 rings (SSSR count). The third-order valence-electron chi connectivity index (χ3n) is 10.2. The molecule has 0 aliphatic carbocycles. The van der Waals surface area contributed by atoms with Gasteiger partial charge in [-0.3, -0.25) is 14.8 Å². The Morgan fingerprint density at radius 2 is 1.63 bits per heavy atom. The van der Waals surface area contributed by atoms with E-state index in [4.69, 9.17) is 0 Å². The van der Waals surface area contributed by atoms with Crippen molar-refractivity contribution >= 4 is 34.7 Å². The lowest BCUT2D eigenvalue weighted by atomic mass is 9.99. The number of aromatic amines is 1. The molecule has 4 aliphatic rings. The molecule has 244 valence electrons. The number of carbonyl (C=O) groups excluding carboxylic acids is 3. The van der Waals surface area contributed by atoms with Crippen LogP contribution in [0.3, 0.4) is 0 Å². The first-order chi connectivity index (χ1) is 22.5. The number of anilines is 1. The number of urea groups is 2. The summed E-state index contributed by atoms with van der Waals surface area (Å²) in [6.07, 6.45) is 4.44. The van der Waals surface area contributed by atoms with E-state index in [1.807, 2.05) is 46.2 Å². The van der Waals surface area contributed by atoms with Crippen LogP contribution in [-0.4, -0.2) is 130 Å². The molecule has 0 radical (unpaired) electrons. The predicted octanol–water partition coefficient (Wildman–Crippen LogP) is 2.03. The summed E-state index contributed by atoms with van der Waals surface area (Å²) < 4.78 is 0. The molecule has 4 N–H and O–H groups in total. The Morgan fingerprint density at radius 3 is 2.43 bits per heavy atom. The lowest BCUT2D eigenvalue weighted by Gasteiger charge is -2.41. The van der Waals surface area contributed by atoms with Crippen LogP contribution in [0.1, 0.15) is 36.8 Å². The van der Waals surface area contributed by atoms with Gasteiger partial charge in [0.1, 0.15) is 11.6 Å². The molecule has 3 aromatic rings. The van der Waals surface area contributed by atoms with Crippen LogP contribution in [0.4, 0.5) is 15.3 Å². The van der Waals surface area contributed by atoms with Crippen LogP contribution in [0.5, 0.6) is 0 Å². The van der Waals surface area contributed by atoms with E-state index in [-0.39, 0.29) is 24.0 Å². The highest BCUT2D eigenvalue weighted by Crippen LogP contribution is 2.25. The molecule has 0 spiro atoms. The number of aromatic nitrogens is 3. The highest BCUT2D eigenvalue weighted by molar-refractivity contribution is 5.91. The van der Waals surface area contributed by atoms with Gasteiger partial charge < -0.3 is 30.7 Å². The molecular weight excluding hydrogens is 584 g/mol. The van der Waals surface area contributed by atoms with Crippen LogP contribution in [0.2, 0.25) is 0 Å². The molecule has 1 atom stereocenters. The Morgan fingerprint density at radius 1 is 0.891 bits per heavy atom. The maximum absolute atomic E-state index is 14.0. The molecular formula is C33H44N10O3. The number of piperazine rings is 1. The summed E-state index contributed by atoms with van der Waals surface area (Å²) in [5, 5.41) is 20.5. The van der Waals surface area contributed by atoms with Gasteiger partial charge in [0, 0.05) is 83.1 Å². The van der Waals surface area contributed by atoms with Gasteiger partial charge in [0.05, 0.1) is 5.52 Å². The van der Waals surface area contributed by atoms with Gasteiger partial charge >= 0.3 is 12.1 Å². The molecule has 0 bridgehead atoms. The zero-order valence-corrected chi connectivity index (χ0v) is 26.3. The second-order valence-electron chi connectivity index (χ2n) is 13.0. The van der Waals surface area contributed by atoms with Gasteiger partial charge in [-0.15, -0.1) is 5.10 Å². The number of nitrogens with one attached hydrogen (secondary N) is 4. The summed E-state index contributed by atoms with van der Waals surface area (Å²) in [7, 11) is 0. The number of fused-ring (bicyclic) bond motifs is 2. The predicted molar refractivity (Wildman–Crippen MR) is 174 cm³/mol. The minimum atomic E-state index is -0.694. The van der Waals surface area contributed by atoms with Crippen molar-refractivity contribution in [2.45, 2.75) is 56.7 Å². The molecule has 5 heterocycles. The Hall–Kier alpha value is -4.23. The fourth-order valence-corrected chi connectivity index (χ4v) is 7.53. The maximum atomic E-state index is 14.0. The first-order valence-electron chi connectivity index (χ1n) is 16.8. The second kappa shape index (κ2) is 13.6. The first-order valence-corrected chi connectivity index (χ1v) is 16.8. The average Bonchev–Trinajstić information content (AvgIpc) is 3.50. The van der Waals surface area contributed by atoms with Crippen molar-refractivity contribution in [1.29, 1.82) is 0 Å². The van der Waals surface area contributed by atoms with E-state index in [0.717, 1.165) is 73.3 Å². The molecule has 2 aromatic carbocycles. The average molecular weight is 629 g/mol. The maximum Gasteiger partial charge on any atom is 0.322 e. The summed E-state index contributed by atoms with van der Waals surface area (Å²) in [6.45, 7) is 7.20. The molecule has 1 unspecified atom stereocenters. The number of para-hydroxylation sites is 1. The number of amides is 5. The lowest BCUT2D eigenvalue weighted by Crippen LogP contribution is -2.58. The van der Waals surface area contributed by atoms with Crippen molar-refractivity contribution in [3.05, 3.63) is 53.6 Å². The van der Waals surface area contributed by atoms with E-state index in [1.54, 1.807) is 4.90 Å². The van der Waals surface area contributed by atoms with Gasteiger partial charge in [-0.05, 0) is 61.4 Å². The van der Waals surface area contributed by atoms with Crippen LogP contribution in [0.25, 0.3) is 11.0 Å². The molecule has 3 saturated heterocycles. The van der Waals surface area contributed by atoms with Gasteiger partial charge in [-0.25, -0.2) is 9.59 Å². The van der Waals surface area contributed by atoms with Gasteiger partial charge in [-0.2, -0.15) is 0 Å². The van der Waals surface area contributed by atoms with E-state index < -0.39 is 6.04 Å². The van der Waals surface area contributed by atoms with E-state index >= 15 is 0 Å². The molecule has 1 aromatic heterocycles. The standard InChI is InChI=1S/C33H44N10O3/c44-31(41-14-8-25(9-15-41)40-19-12-34-13-20-40)30(22-23-5-6-28-29(21-23)38-39-37-28)36-32(45)42-16-10-26(11-17-42)43-18-7-24-3-1-2-4-27(24)35-33(43)46/h1-6,21,25-26,30,34H,7-20,22H2,(H,35,46)(H,36,45)(H,37,38,39). The van der Waals surface area contributed by atoms with Crippen molar-refractivity contribution in [1.82, 2.24) is 45.6 Å². The number of hydrogen-bond donors (Lipinski definition) is 4. The second-order valence-corrected chi connectivity index (χ2v) is 13.0. The van der Waals surface area contributed by atoms with E-state index in [2.05, 4.69) is 42.3 Å². The third-order valence-corrected chi connectivity index (χ3v) is 10.2. The fourth-order valence-electron chi connectivity index (χ4n) is 7.53. The van der Waals surface area contributed by atoms with Crippen LogP contribution in [-0.2, 0) is 17.6 Å². The lowest BCUT2D eigenvalue weighted by molar-refractivity contribution is -0.134. The topological polar surface area (TPSA) is 142 Å². The van der Waals surface area contributed by atoms with E-state index in [9.17, 15) is 14.4 Å². The molecule has 0 saturated carbocycles. The highest BCUT2D eigenvalue weighted by atomic mass is 16.2. The minimum absolute atomic E-state index is 0.0388. The normalized spacial score (nSPS) is 21.0. The number of likely N-dealkylation sites (tertiary alicyclic amines) is 2. The van der Waals surface area contributed by atoms with Gasteiger partial charge in [0.25, 0.3) is 0 Å². The molecule has 3 fully saturated rings. The van der Waals surface area contributed by atoms with Crippen LogP contribution >= 0.6 is 0 Å². The quantitative estimate of drug-likeness (QED) is 0.327. The summed E-state index contributed by atoms with van der Waals surface area (Å²) in [5.74, 6) is -0.0388. The Kier molecular flexibility index (Phi) is 9.02. The van der Waals surface area contributed by atoms with Crippen molar-refractivity contribution in [3.63, 3.8) is 0 Å². The first kappa shape index (κ1) is 30.4. The van der Waals surface area contributed by atoms with E-state index in [1.165, 1.54) is 0 Å². The number of carbonyl (C=O) groups is 3. The van der Waals surface area contributed by atoms with Crippen molar-refractivity contribution in [2.24, 2.45) is 0 Å². The third kappa shape index (κ3) is 6.66. The molecule has 5 amide bonds. The molecule has 13 heteroatoms. The number of nitrogens with zero attached hydrogens (tertiary/aromatic N) is 6. The van der Waals surface area contributed by atoms with Gasteiger partial charge in [0.2, 0.25) is 5.91 Å². The zero-order chi connectivity index (χ0) is 31.5. The largest absolute Gasteiger partial charge is 0.341 e. The smallest absolute Gasteiger partial charge is 0.322 e.